The monoisotopic (exact) mass is 638 g/mol. The quantitative estimate of drug-likeness (QED) is 0.155. The molecule has 1 aliphatic rings. The Morgan fingerprint density at radius 3 is 2.59 bits per heavy atom. The summed E-state index contributed by atoms with van der Waals surface area (Å²) in [6, 6.07) is 15.1. The van der Waals surface area contributed by atoms with E-state index in [9.17, 15) is 14.0 Å². The van der Waals surface area contributed by atoms with Crippen molar-refractivity contribution in [2.45, 2.75) is 47.1 Å². The van der Waals surface area contributed by atoms with Crippen LogP contribution in [-0.2, 0) is 4.79 Å². The van der Waals surface area contributed by atoms with Gasteiger partial charge in [-0.05, 0) is 60.7 Å². The van der Waals surface area contributed by atoms with Gasteiger partial charge >= 0.3 is 0 Å². The van der Waals surface area contributed by atoms with Gasteiger partial charge in [0.2, 0.25) is 0 Å². The molecule has 236 valence electrons. The molecule has 0 spiro atoms. The predicted molar refractivity (Wildman–Crippen MR) is 185 cm³/mol. The number of hydrogen-bond acceptors (Lipinski definition) is 4. The highest BCUT2D eigenvalue weighted by Gasteiger charge is 2.33. The zero-order valence-electron chi connectivity index (χ0n) is 25.5. The van der Waals surface area contributed by atoms with Crippen LogP contribution in [0.3, 0.4) is 0 Å². The molecular weight excluding hydrogens is 603 g/mol. The molecule has 1 N–H and O–H groups in total. The molecule has 0 aliphatic carbocycles. The van der Waals surface area contributed by atoms with Crippen LogP contribution < -0.4 is 10.5 Å². The maximum absolute atomic E-state index is 14.5. The van der Waals surface area contributed by atoms with Gasteiger partial charge in [0.05, 0.1) is 35.2 Å². The molecule has 10 heteroatoms. The summed E-state index contributed by atoms with van der Waals surface area (Å²) in [6.45, 7) is 20.1. The number of nitrogens with one attached hydrogen (secondary N) is 1. The smallest absolute Gasteiger partial charge is 0.282 e. The standard InChI is InChI=1S/C35H32ClFN6O2.CH4/c1-19(2)23-9-7-8-10-29(23)43-30-16-24(31-20(3)11-12-28-26(31)17-39-40-28)27(36)15-25(30)33(32(38-6)35(43)45)42-14-13-41(18-21(42)4)34(44)22(5)37;/h7-12,15-17,19,21H,5,13-14,18H2,1-4H3,(H,39,40);1H4/t21-;/m0./s1. The lowest BCUT2D eigenvalue weighted by atomic mass is 9.94. The first-order valence-electron chi connectivity index (χ1n) is 14.8. The summed E-state index contributed by atoms with van der Waals surface area (Å²) in [5.74, 6) is -1.67. The van der Waals surface area contributed by atoms with Crippen molar-refractivity contribution in [3.63, 3.8) is 0 Å². The van der Waals surface area contributed by atoms with E-state index in [0.29, 0.717) is 27.3 Å². The summed E-state index contributed by atoms with van der Waals surface area (Å²) in [4.78, 5) is 34.1. The fourth-order valence-electron chi connectivity index (χ4n) is 6.51. The Kier molecular flexibility index (Phi) is 8.78. The van der Waals surface area contributed by atoms with Crippen LogP contribution in [-0.4, -0.2) is 51.2 Å². The van der Waals surface area contributed by atoms with E-state index in [0.717, 1.165) is 33.2 Å². The average molecular weight is 639 g/mol. The van der Waals surface area contributed by atoms with E-state index in [1.165, 1.54) is 4.90 Å². The zero-order valence-corrected chi connectivity index (χ0v) is 26.2. The number of amides is 1. The number of halogens is 2. The number of hydrogen-bond donors (Lipinski definition) is 1. The van der Waals surface area contributed by atoms with Gasteiger partial charge in [0.1, 0.15) is 0 Å². The molecule has 0 unspecified atom stereocenters. The minimum absolute atomic E-state index is 0. The number of rotatable bonds is 5. The molecule has 2 aromatic heterocycles. The van der Waals surface area contributed by atoms with Gasteiger partial charge in [-0.25, -0.2) is 9.24 Å². The molecular formula is C36H36ClFN6O2. The number of para-hydroxylation sites is 1. The maximum atomic E-state index is 14.5. The van der Waals surface area contributed by atoms with Crippen molar-refractivity contribution < 1.29 is 9.18 Å². The number of fused-ring (bicyclic) bond motifs is 2. The summed E-state index contributed by atoms with van der Waals surface area (Å²) >= 11 is 7.12. The number of benzene rings is 3. The van der Waals surface area contributed by atoms with Crippen molar-refractivity contribution in [2.75, 3.05) is 24.5 Å². The molecule has 0 bridgehead atoms. The van der Waals surface area contributed by atoms with E-state index in [1.807, 2.05) is 67.3 Å². The van der Waals surface area contributed by atoms with Crippen molar-refractivity contribution in [3.05, 3.63) is 105 Å². The third-order valence-corrected chi connectivity index (χ3v) is 8.97. The molecule has 1 atom stereocenters. The highest BCUT2D eigenvalue weighted by atomic mass is 35.5. The van der Waals surface area contributed by atoms with Gasteiger partial charge in [0, 0.05) is 47.0 Å². The number of carbonyl (C=O) groups is 1. The van der Waals surface area contributed by atoms with Gasteiger partial charge < -0.3 is 9.80 Å². The van der Waals surface area contributed by atoms with Crippen LogP contribution in [0.5, 0.6) is 0 Å². The van der Waals surface area contributed by atoms with Gasteiger partial charge in [-0.15, -0.1) is 0 Å². The molecule has 3 aromatic carbocycles. The largest absolute Gasteiger partial charge is 0.373 e. The van der Waals surface area contributed by atoms with Gasteiger partial charge in [0.25, 0.3) is 17.2 Å². The van der Waals surface area contributed by atoms with E-state index >= 15 is 0 Å². The third-order valence-electron chi connectivity index (χ3n) is 8.66. The van der Waals surface area contributed by atoms with Crippen LogP contribution in [0.4, 0.5) is 15.8 Å². The molecule has 6 rings (SSSR count). The number of aromatic amines is 1. The van der Waals surface area contributed by atoms with E-state index in [1.54, 1.807) is 10.8 Å². The first-order valence-corrected chi connectivity index (χ1v) is 15.1. The molecule has 5 aromatic rings. The van der Waals surface area contributed by atoms with Crippen molar-refractivity contribution in [1.29, 1.82) is 0 Å². The van der Waals surface area contributed by atoms with E-state index in [4.69, 9.17) is 18.2 Å². The molecule has 46 heavy (non-hydrogen) atoms. The number of anilines is 1. The minimum atomic E-state index is -1.02. The van der Waals surface area contributed by atoms with E-state index < -0.39 is 17.3 Å². The Bertz CT molecular complexity index is 2130. The minimum Gasteiger partial charge on any atom is -0.373 e. The predicted octanol–water partition coefficient (Wildman–Crippen LogP) is 8.33. The van der Waals surface area contributed by atoms with Crippen LogP contribution in [0.2, 0.25) is 5.02 Å². The van der Waals surface area contributed by atoms with Gasteiger partial charge in [-0.1, -0.05) is 63.7 Å². The van der Waals surface area contributed by atoms with E-state index in [2.05, 4.69) is 35.5 Å². The second kappa shape index (κ2) is 12.5. The Morgan fingerprint density at radius 1 is 1.17 bits per heavy atom. The summed E-state index contributed by atoms with van der Waals surface area (Å²) in [6.07, 6.45) is 1.77. The molecule has 1 aliphatic heterocycles. The number of piperazine rings is 1. The topological polar surface area (TPSA) is 78.6 Å². The first-order chi connectivity index (χ1) is 21.5. The second-order valence-corrected chi connectivity index (χ2v) is 12.2. The fraction of sp³-hybridized carbons (Fsp3) is 0.278. The molecule has 1 saturated heterocycles. The number of pyridine rings is 1. The number of carbonyl (C=O) groups excluding carboxylic acids is 1. The van der Waals surface area contributed by atoms with Gasteiger partial charge in [0.15, 0.2) is 5.83 Å². The highest BCUT2D eigenvalue weighted by Crippen LogP contribution is 2.44. The van der Waals surface area contributed by atoms with Crippen molar-refractivity contribution in [3.8, 4) is 16.8 Å². The number of aryl methyl sites for hydroxylation is 1. The summed E-state index contributed by atoms with van der Waals surface area (Å²) in [7, 11) is 0. The molecule has 0 saturated carbocycles. The van der Waals surface area contributed by atoms with Crippen molar-refractivity contribution in [2.24, 2.45) is 0 Å². The van der Waals surface area contributed by atoms with Crippen LogP contribution >= 0.6 is 11.6 Å². The Labute approximate surface area is 272 Å². The fourth-order valence-corrected chi connectivity index (χ4v) is 6.77. The molecule has 1 fully saturated rings. The highest BCUT2D eigenvalue weighted by molar-refractivity contribution is 6.35. The van der Waals surface area contributed by atoms with Gasteiger partial charge in [-0.2, -0.15) is 5.10 Å². The van der Waals surface area contributed by atoms with Crippen LogP contribution in [0, 0.1) is 13.5 Å². The summed E-state index contributed by atoms with van der Waals surface area (Å²) in [5, 5.41) is 9.25. The lowest BCUT2D eigenvalue weighted by Gasteiger charge is -2.42. The molecule has 0 radical (unpaired) electrons. The Balaban J connectivity index is 0.00000417. The lowest BCUT2D eigenvalue weighted by molar-refractivity contribution is -0.129. The second-order valence-electron chi connectivity index (χ2n) is 11.8. The lowest BCUT2D eigenvalue weighted by Crippen LogP contribution is -2.54. The Hall–Kier alpha value is -4.94. The van der Waals surface area contributed by atoms with Crippen molar-refractivity contribution >= 4 is 50.7 Å². The van der Waals surface area contributed by atoms with Crippen LogP contribution in [0.1, 0.15) is 45.2 Å². The maximum Gasteiger partial charge on any atom is 0.282 e. The normalized spacial score (nSPS) is 14.9. The zero-order chi connectivity index (χ0) is 32.2. The van der Waals surface area contributed by atoms with Crippen molar-refractivity contribution in [1.82, 2.24) is 19.7 Å². The van der Waals surface area contributed by atoms with Crippen LogP contribution in [0.15, 0.2) is 71.9 Å². The molecule has 1 amide bonds. The SMILES string of the molecule is C.[C-]#[N+]c1c(N2CCN(C(=O)C(=C)F)C[C@@H]2C)c2cc(Cl)c(-c3c(C)ccc4[nH]ncc34)cc2n(-c2ccccc2C(C)C)c1=O. The molecule has 3 heterocycles. The Morgan fingerprint density at radius 2 is 1.91 bits per heavy atom. The van der Waals surface area contributed by atoms with Gasteiger partial charge in [-0.3, -0.25) is 19.3 Å². The molecule has 8 nitrogen and oxygen atoms in total. The number of aromatic nitrogens is 3. The third kappa shape index (κ3) is 5.23. The summed E-state index contributed by atoms with van der Waals surface area (Å²) in [5.41, 5.74) is 5.68. The summed E-state index contributed by atoms with van der Waals surface area (Å²) < 4.78 is 15.4. The number of H-pyrrole nitrogens is 1. The average Bonchev–Trinajstić information content (AvgIpc) is 3.49. The van der Waals surface area contributed by atoms with E-state index in [-0.39, 0.29) is 44.7 Å². The van der Waals surface area contributed by atoms with Crippen LogP contribution in [0.25, 0.3) is 43.5 Å². The first kappa shape index (κ1) is 32.5. The number of nitrogens with zero attached hydrogens (tertiary/aromatic N) is 5.